The quantitative estimate of drug-likeness (QED) is 0.469. The normalized spacial score (nSPS) is 21.2. The minimum absolute atomic E-state index is 0.0467. The van der Waals surface area contributed by atoms with Crippen LogP contribution in [0.1, 0.15) is 72.6 Å². The van der Waals surface area contributed by atoms with Gasteiger partial charge in [0.2, 0.25) is 11.8 Å². The number of carbonyl (C=O) groups excluding carboxylic acids is 2. The largest absolute Gasteiger partial charge is 0.356 e. The number of hydrogen-bond acceptors (Lipinski definition) is 6. The minimum Gasteiger partial charge on any atom is -0.356 e. The van der Waals surface area contributed by atoms with E-state index in [2.05, 4.69) is 25.9 Å². The second-order valence-corrected chi connectivity index (χ2v) is 9.51. The van der Waals surface area contributed by atoms with Gasteiger partial charge in [0.25, 0.3) is 5.91 Å². The second-order valence-electron chi connectivity index (χ2n) is 9.51. The standard InChI is InChI=1S/C24H28F2N6O3/c1-2-16-20(32-35-31-16)23(34)30-19(14-5-8-24(25,26)9-6-14)21-28-17-4-3-13(12-18(17)29-21)11-15-7-10-27-22(15)33/h3-4,12,14-15,19H,2,5-11H2,1H3,(H,27,33)(H,28,29)(H,30,34). The van der Waals surface area contributed by atoms with Crippen LogP contribution in [-0.2, 0) is 17.6 Å². The first-order chi connectivity index (χ1) is 16.8. The van der Waals surface area contributed by atoms with Crippen LogP contribution in [0.4, 0.5) is 8.78 Å². The lowest BCUT2D eigenvalue weighted by atomic mass is 9.81. The third-order valence-corrected chi connectivity index (χ3v) is 7.13. The molecular weight excluding hydrogens is 458 g/mol. The lowest BCUT2D eigenvalue weighted by Crippen LogP contribution is -2.38. The number of alkyl halides is 2. The van der Waals surface area contributed by atoms with Crippen LogP contribution in [0.15, 0.2) is 22.8 Å². The number of benzene rings is 1. The molecule has 2 fully saturated rings. The molecule has 3 aromatic rings. The topological polar surface area (TPSA) is 126 Å². The number of carbonyl (C=O) groups is 2. The number of nitrogens with one attached hydrogen (secondary N) is 3. The Kier molecular flexibility index (Phi) is 6.24. The van der Waals surface area contributed by atoms with E-state index in [9.17, 15) is 18.4 Å². The Balaban J connectivity index is 1.42. The molecule has 2 aromatic heterocycles. The van der Waals surface area contributed by atoms with Gasteiger partial charge in [0.05, 0.1) is 17.1 Å². The second kappa shape index (κ2) is 9.35. The van der Waals surface area contributed by atoms with Crippen molar-refractivity contribution in [1.82, 2.24) is 30.9 Å². The molecule has 2 aliphatic rings. The van der Waals surface area contributed by atoms with E-state index < -0.39 is 17.9 Å². The summed E-state index contributed by atoms with van der Waals surface area (Å²) in [4.78, 5) is 33.0. The lowest BCUT2D eigenvalue weighted by Gasteiger charge is -2.33. The highest BCUT2D eigenvalue weighted by atomic mass is 19.3. The van der Waals surface area contributed by atoms with Crippen LogP contribution in [-0.4, -0.2) is 44.6 Å². The monoisotopic (exact) mass is 486 g/mol. The first-order valence-electron chi connectivity index (χ1n) is 12.1. The van der Waals surface area contributed by atoms with Crippen LogP contribution in [0.25, 0.3) is 11.0 Å². The van der Waals surface area contributed by atoms with Gasteiger partial charge in [-0.1, -0.05) is 18.1 Å². The predicted molar refractivity (Wildman–Crippen MR) is 122 cm³/mol. The molecule has 3 heterocycles. The molecule has 0 spiro atoms. The molecule has 0 bridgehead atoms. The predicted octanol–water partition coefficient (Wildman–Crippen LogP) is 3.48. The van der Waals surface area contributed by atoms with E-state index in [-0.39, 0.29) is 49.1 Å². The van der Waals surface area contributed by atoms with E-state index in [1.54, 1.807) is 0 Å². The van der Waals surface area contributed by atoms with Gasteiger partial charge in [-0.15, -0.1) is 0 Å². The lowest BCUT2D eigenvalue weighted by molar-refractivity contribution is -0.122. The average molecular weight is 487 g/mol. The third kappa shape index (κ3) is 4.89. The van der Waals surface area contributed by atoms with Crippen molar-refractivity contribution in [2.75, 3.05) is 6.54 Å². The first kappa shape index (κ1) is 23.4. The maximum absolute atomic E-state index is 13.9. The van der Waals surface area contributed by atoms with Gasteiger partial charge in [-0.05, 0) is 60.9 Å². The first-order valence-corrected chi connectivity index (χ1v) is 12.1. The van der Waals surface area contributed by atoms with Crippen molar-refractivity contribution in [2.45, 2.75) is 63.8 Å². The number of aromatic nitrogens is 4. The number of hydrogen-bond donors (Lipinski definition) is 3. The average Bonchev–Trinajstić information content (AvgIpc) is 3.57. The Bertz CT molecular complexity index is 1230. The molecule has 2 unspecified atom stereocenters. The maximum Gasteiger partial charge on any atom is 0.276 e. The van der Waals surface area contributed by atoms with Crippen LogP contribution >= 0.6 is 0 Å². The van der Waals surface area contributed by atoms with Crippen molar-refractivity contribution >= 4 is 22.8 Å². The zero-order valence-electron chi connectivity index (χ0n) is 19.4. The molecule has 9 nitrogen and oxygen atoms in total. The number of aromatic amines is 1. The number of H-pyrrole nitrogens is 1. The van der Waals surface area contributed by atoms with Crippen LogP contribution in [0, 0.1) is 11.8 Å². The summed E-state index contributed by atoms with van der Waals surface area (Å²) in [6, 6.07) is 5.18. The zero-order valence-corrected chi connectivity index (χ0v) is 19.4. The van der Waals surface area contributed by atoms with Crippen molar-refractivity contribution in [3.05, 3.63) is 41.0 Å². The maximum atomic E-state index is 13.9. The molecule has 1 saturated heterocycles. The highest BCUT2D eigenvalue weighted by Crippen LogP contribution is 2.41. The molecule has 2 atom stereocenters. The number of rotatable bonds is 7. The zero-order chi connectivity index (χ0) is 24.6. The van der Waals surface area contributed by atoms with Crippen molar-refractivity contribution in [3.8, 4) is 0 Å². The molecule has 3 N–H and O–H groups in total. The highest BCUT2D eigenvalue weighted by Gasteiger charge is 2.40. The number of imidazole rings is 1. The summed E-state index contributed by atoms with van der Waals surface area (Å²) >= 11 is 0. The highest BCUT2D eigenvalue weighted by molar-refractivity contribution is 5.93. The summed E-state index contributed by atoms with van der Waals surface area (Å²) in [5.74, 6) is -2.85. The van der Waals surface area contributed by atoms with Gasteiger partial charge in [0, 0.05) is 25.3 Å². The molecular formula is C24H28F2N6O3. The van der Waals surface area contributed by atoms with Crippen molar-refractivity contribution < 1.29 is 23.0 Å². The van der Waals surface area contributed by atoms with Crippen LogP contribution < -0.4 is 10.6 Å². The summed E-state index contributed by atoms with van der Waals surface area (Å²) in [5.41, 5.74) is 3.01. The van der Waals surface area contributed by atoms with Gasteiger partial charge in [0.1, 0.15) is 11.5 Å². The SMILES string of the molecule is CCc1nonc1C(=O)NC(c1nc2ccc(CC3CCNC3=O)cc2[nH]1)C1CCC(F)(F)CC1. The Morgan fingerprint density at radius 3 is 2.77 bits per heavy atom. The van der Waals surface area contributed by atoms with E-state index >= 15 is 0 Å². The summed E-state index contributed by atoms with van der Waals surface area (Å²) in [5, 5.41) is 13.3. The number of halogens is 2. The van der Waals surface area contributed by atoms with Crippen molar-refractivity contribution in [2.24, 2.45) is 11.8 Å². The van der Waals surface area contributed by atoms with Crippen molar-refractivity contribution in [1.29, 1.82) is 0 Å². The fourth-order valence-electron chi connectivity index (χ4n) is 5.10. The molecule has 5 rings (SSSR count). The number of fused-ring (bicyclic) bond motifs is 1. The van der Waals surface area contributed by atoms with Crippen LogP contribution in [0.5, 0.6) is 0 Å². The van der Waals surface area contributed by atoms with Crippen molar-refractivity contribution in [3.63, 3.8) is 0 Å². The van der Waals surface area contributed by atoms with Gasteiger partial charge >= 0.3 is 0 Å². The molecule has 1 aliphatic heterocycles. The number of aryl methyl sites for hydroxylation is 1. The van der Waals surface area contributed by atoms with Gasteiger partial charge in [-0.3, -0.25) is 9.59 Å². The summed E-state index contributed by atoms with van der Waals surface area (Å²) in [6.45, 7) is 2.53. The smallest absolute Gasteiger partial charge is 0.276 e. The van der Waals surface area contributed by atoms with Gasteiger partial charge in [0.15, 0.2) is 5.69 Å². The van der Waals surface area contributed by atoms with E-state index in [1.807, 2.05) is 25.1 Å². The summed E-state index contributed by atoms with van der Waals surface area (Å²) < 4.78 is 32.5. The van der Waals surface area contributed by atoms with Gasteiger partial charge in [-0.2, -0.15) is 0 Å². The van der Waals surface area contributed by atoms with E-state index in [1.165, 1.54) is 0 Å². The molecule has 1 aromatic carbocycles. The number of nitrogens with zero attached hydrogens (tertiary/aromatic N) is 3. The molecule has 1 aliphatic carbocycles. The Labute approximate surface area is 200 Å². The molecule has 35 heavy (non-hydrogen) atoms. The van der Waals surface area contributed by atoms with Gasteiger partial charge < -0.3 is 15.6 Å². The number of amides is 2. The Morgan fingerprint density at radius 2 is 2.06 bits per heavy atom. The Morgan fingerprint density at radius 1 is 1.26 bits per heavy atom. The van der Waals surface area contributed by atoms with Gasteiger partial charge in [-0.25, -0.2) is 18.4 Å². The third-order valence-electron chi connectivity index (χ3n) is 7.13. The fraction of sp³-hybridized carbons (Fsp3) is 0.542. The minimum atomic E-state index is -2.69. The van der Waals surface area contributed by atoms with E-state index in [4.69, 9.17) is 9.61 Å². The van der Waals surface area contributed by atoms with Crippen LogP contribution in [0.3, 0.4) is 0 Å². The van der Waals surface area contributed by atoms with E-state index in [0.717, 1.165) is 17.5 Å². The fourth-order valence-corrected chi connectivity index (χ4v) is 5.10. The summed E-state index contributed by atoms with van der Waals surface area (Å²) in [7, 11) is 0. The Hall–Kier alpha value is -3.37. The molecule has 2 amide bonds. The molecule has 11 heteroatoms. The van der Waals surface area contributed by atoms with Crippen LogP contribution in [0.2, 0.25) is 0 Å². The summed E-state index contributed by atoms with van der Waals surface area (Å²) in [6.07, 6.45) is 1.96. The molecule has 186 valence electrons. The van der Waals surface area contributed by atoms with E-state index in [0.29, 0.717) is 36.4 Å². The molecule has 0 radical (unpaired) electrons. The molecule has 1 saturated carbocycles.